The minimum Gasteiger partial charge on any atom is -0.388 e. The van der Waals surface area contributed by atoms with Crippen molar-refractivity contribution in [2.75, 3.05) is 6.54 Å². The van der Waals surface area contributed by atoms with Gasteiger partial charge in [0.05, 0.1) is 22.7 Å². The first-order chi connectivity index (χ1) is 8.97. The average molecular weight is 282 g/mol. The van der Waals surface area contributed by atoms with Crippen molar-refractivity contribution in [3.05, 3.63) is 16.1 Å². The molecule has 1 aliphatic carbocycles. The second kappa shape index (κ2) is 6.01. The van der Waals surface area contributed by atoms with Gasteiger partial charge >= 0.3 is 0 Å². The maximum absolute atomic E-state index is 11.8. The minimum atomic E-state index is -0.717. The van der Waals surface area contributed by atoms with E-state index in [1.54, 1.807) is 11.3 Å². The van der Waals surface area contributed by atoms with E-state index in [0.29, 0.717) is 18.9 Å². The fourth-order valence-electron chi connectivity index (χ4n) is 2.77. The summed E-state index contributed by atoms with van der Waals surface area (Å²) in [5.41, 5.74) is 0.0923. The lowest BCUT2D eigenvalue weighted by Crippen LogP contribution is -2.46. The van der Waals surface area contributed by atoms with Crippen molar-refractivity contribution < 1.29 is 9.90 Å². The highest BCUT2D eigenvalue weighted by molar-refractivity contribution is 7.09. The summed E-state index contributed by atoms with van der Waals surface area (Å²) in [7, 11) is 0. The van der Waals surface area contributed by atoms with Crippen molar-refractivity contribution >= 4 is 17.2 Å². The molecule has 2 atom stereocenters. The molecule has 2 N–H and O–H groups in total. The number of carbonyl (C=O) groups is 1. The second-order valence-electron chi connectivity index (χ2n) is 5.74. The Bertz CT molecular complexity index is 446. The lowest BCUT2D eigenvalue weighted by atomic mass is 9.79. The number of thiazole rings is 1. The van der Waals surface area contributed by atoms with Crippen LogP contribution >= 0.6 is 11.3 Å². The third-order valence-corrected chi connectivity index (χ3v) is 4.51. The number of aromatic nitrogens is 1. The molecule has 1 aromatic rings. The summed E-state index contributed by atoms with van der Waals surface area (Å²) in [6, 6.07) is 0. The molecule has 2 unspecified atom stereocenters. The van der Waals surface area contributed by atoms with Crippen LogP contribution in [0.4, 0.5) is 0 Å². The van der Waals surface area contributed by atoms with E-state index in [4.69, 9.17) is 0 Å². The molecule has 1 heterocycles. The zero-order valence-corrected chi connectivity index (χ0v) is 12.4. The highest BCUT2D eigenvalue weighted by Crippen LogP contribution is 2.31. The van der Waals surface area contributed by atoms with Crippen LogP contribution < -0.4 is 5.32 Å². The maximum Gasteiger partial charge on any atom is 0.226 e. The third kappa shape index (κ3) is 4.28. The van der Waals surface area contributed by atoms with Crippen LogP contribution in [0.5, 0.6) is 0 Å². The van der Waals surface area contributed by atoms with Crippen molar-refractivity contribution in [1.29, 1.82) is 0 Å². The van der Waals surface area contributed by atoms with E-state index in [1.165, 1.54) is 6.42 Å². The van der Waals surface area contributed by atoms with Gasteiger partial charge in [-0.2, -0.15) is 0 Å². The molecule has 2 rings (SSSR count). The van der Waals surface area contributed by atoms with Crippen molar-refractivity contribution in [2.24, 2.45) is 5.92 Å². The number of aryl methyl sites for hydroxylation is 1. The van der Waals surface area contributed by atoms with Crippen LogP contribution in [-0.2, 0) is 11.2 Å². The number of nitrogens with one attached hydrogen (secondary N) is 1. The van der Waals surface area contributed by atoms with Gasteiger partial charge in [-0.05, 0) is 25.7 Å². The zero-order chi connectivity index (χ0) is 13.9. The van der Waals surface area contributed by atoms with E-state index in [1.807, 2.05) is 12.3 Å². The molecule has 1 amide bonds. The summed E-state index contributed by atoms with van der Waals surface area (Å²) in [4.78, 5) is 16.1. The number of aliphatic hydroxyl groups is 1. The van der Waals surface area contributed by atoms with Crippen LogP contribution in [-0.4, -0.2) is 28.1 Å². The number of hydrogen-bond acceptors (Lipinski definition) is 4. The van der Waals surface area contributed by atoms with E-state index in [-0.39, 0.29) is 5.91 Å². The lowest BCUT2D eigenvalue weighted by Gasteiger charge is -2.35. The number of rotatable bonds is 4. The number of hydrogen-bond donors (Lipinski definition) is 2. The van der Waals surface area contributed by atoms with Gasteiger partial charge in [0.2, 0.25) is 5.91 Å². The van der Waals surface area contributed by atoms with E-state index < -0.39 is 5.60 Å². The molecule has 0 aliphatic heterocycles. The number of amides is 1. The zero-order valence-electron chi connectivity index (χ0n) is 11.6. The highest BCUT2D eigenvalue weighted by atomic mass is 32.1. The van der Waals surface area contributed by atoms with Crippen LogP contribution in [0.15, 0.2) is 5.38 Å². The summed E-state index contributed by atoms with van der Waals surface area (Å²) in [6.45, 7) is 4.45. The molecule has 5 heteroatoms. The van der Waals surface area contributed by atoms with E-state index >= 15 is 0 Å². The Hall–Kier alpha value is -0.940. The Morgan fingerprint density at radius 2 is 2.47 bits per heavy atom. The molecule has 1 aromatic heterocycles. The van der Waals surface area contributed by atoms with Crippen molar-refractivity contribution in [1.82, 2.24) is 10.3 Å². The first-order valence-corrected chi connectivity index (χ1v) is 7.75. The van der Waals surface area contributed by atoms with Crippen LogP contribution in [0.3, 0.4) is 0 Å². The molecule has 1 saturated carbocycles. The largest absolute Gasteiger partial charge is 0.388 e. The standard InChI is InChI=1S/C14H22N2O2S/c1-10-4-3-5-14(18,7-10)9-15-13(17)6-12-8-19-11(2)16-12/h8,10,18H,3-7,9H2,1-2H3,(H,15,17). The van der Waals surface area contributed by atoms with E-state index in [9.17, 15) is 9.90 Å². The summed E-state index contributed by atoms with van der Waals surface area (Å²) in [5, 5.41) is 16.2. The quantitative estimate of drug-likeness (QED) is 0.888. The molecule has 0 saturated heterocycles. The van der Waals surface area contributed by atoms with Gasteiger partial charge in [0, 0.05) is 11.9 Å². The predicted molar refractivity (Wildman–Crippen MR) is 76.1 cm³/mol. The SMILES string of the molecule is Cc1nc(CC(=O)NCC2(O)CCCC(C)C2)cs1. The fraction of sp³-hybridized carbons (Fsp3) is 0.714. The summed E-state index contributed by atoms with van der Waals surface area (Å²) >= 11 is 1.55. The molecular weight excluding hydrogens is 260 g/mol. The first kappa shape index (κ1) is 14.5. The number of nitrogens with zero attached hydrogens (tertiary/aromatic N) is 1. The summed E-state index contributed by atoms with van der Waals surface area (Å²) in [5.74, 6) is 0.480. The van der Waals surface area contributed by atoms with Gasteiger partial charge in [-0.25, -0.2) is 4.98 Å². The van der Waals surface area contributed by atoms with Gasteiger partial charge in [-0.1, -0.05) is 19.8 Å². The van der Waals surface area contributed by atoms with E-state index in [2.05, 4.69) is 17.2 Å². The molecule has 0 spiro atoms. The predicted octanol–water partition coefficient (Wildman–Crippen LogP) is 2.05. The Labute approximate surface area is 118 Å². The second-order valence-corrected chi connectivity index (χ2v) is 6.80. The van der Waals surface area contributed by atoms with Gasteiger partial charge < -0.3 is 10.4 Å². The fourth-order valence-corrected chi connectivity index (χ4v) is 3.39. The van der Waals surface area contributed by atoms with Crippen LogP contribution in [0.25, 0.3) is 0 Å². The van der Waals surface area contributed by atoms with Gasteiger partial charge in [0.1, 0.15) is 0 Å². The van der Waals surface area contributed by atoms with E-state index in [0.717, 1.165) is 30.0 Å². The molecule has 1 fully saturated rings. The molecule has 19 heavy (non-hydrogen) atoms. The molecule has 106 valence electrons. The lowest BCUT2D eigenvalue weighted by molar-refractivity contribution is -0.122. The average Bonchev–Trinajstić information content (AvgIpc) is 2.72. The maximum atomic E-state index is 11.8. The van der Waals surface area contributed by atoms with Crippen molar-refractivity contribution in [2.45, 2.75) is 51.6 Å². The first-order valence-electron chi connectivity index (χ1n) is 6.87. The molecule has 1 aliphatic rings. The van der Waals surface area contributed by atoms with Gasteiger partial charge in [-0.3, -0.25) is 4.79 Å². The molecule has 0 aromatic carbocycles. The normalized spacial score (nSPS) is 27.2. The third-order valence-electron chi connectivity index (χ3n) is 3.69. The van der Waals surface area contributed by atoms with Crippen LogP contribution in [0, 0.1) is 12.8 Å². The van der Waals surface area contributed by atoms with Gasteiger partial charge in [-0.15, -0.1) is 11.3 Å². The molecule has 4 nitrogen and oxygen atoms in total. The Balaban J connectivity index is 1.79. The topological polar surface area (TPSA) is 62.2 Å². The monoisotopic (exact) mass is 282 g/mol. The van der Waals surface area contributed by atoms with Crippen molar-refractivity contribution in [3.8, 4) is 0 Å². The molecule has 0 radical (unpaired) electrons. The van der Waals surface area contributed by atoms with Gasteiger partial charge in [0.15, 0.2) is 0 Å². The van der Waals surface area contributed by atoms with Gasteiger partial charge in [0.25, 0.3) is 0 Å². The molecule has 0 bridgehead atoms. The minimum absolute atomic E-state index is 0.0584. The van der Waals surface area contributed by atoms with Crippen LogP contribution in [0.2, 0.25) is 0 Å². The molecular formula is C14H22N2O2S. The smallest absolute Gasteiger partial charge is 0.226 e. The Morgan fingerprint density at radius 1 is 1.68 bits per heavy atom. The highest BCUT2D eigenvalue weighted by Gasteiger charge is 2.32. The Morgan fingerprint density at radius 3 is 3.11 bits per heavy atom. The number of carbonyl (C=O) groups excluding carboxylic acids is 1. The van der Waals surface area contributed by atoms with Crippen LogP contribution in [0.1, 0.15) is 43.3 Å². The summed E-state index contributed by atoms with van der Waals surface area (Å²) in [6.07, 6.45) is 4.08. The Kier molecular flexibility index (Phi) is 4.58. The van der Waals surface area contributed by atoms with Crippen molar-refractivity contribution in [3.63, 3.8) is 0 Å². The summed E-state index contributed by atoms with van der Waals surface area (Å²) < 4.78 is 0.